The zero-order valence-electron chi connectivity index (χ0n) is 14.6. The molecule has 25 heavy (non-hydrogen) atoms. The molecule has 0 saturated carbocycles. The Morgan fingerprint density at radius 3 is 2.12 bits per heavy atom. The van der Waals surface area contributed by atoms with E-state index in [1.807, 2.05) is 26.0 Å². The van der Waals surface area contributed by atoms with E-state index in [0.717, 1.165) is 18.8 Å². The van der Waals surface area contributed by atoms with Crippen LogP contribution in [0.15, 0.2) is 53.4 Å². The lowest BCUT2D eigenvalue weighted by molar-refractivity contribution is 0.242. The van der Waals surface area contributed by atoms with Gasteiger partial charge in [0, 0.05) is 24.5 Å². The molecular weight excluding hydrogens is 336 g/mol. The highest BCUT2D eigenvalue weighted by Gasteiger charge is 2.16. The van der Waals surface area contributed by atoms with Crippen LogP contribution in [0.2, 0.25) is 0 Å². The number of benzene rings is 2. The van der Waals surface area contributed by atoms with Crippen LogP contribution < -0.4 is 14.4 Å². The van der Waals surface area contributed by atoms with Crippen molar-refractivity contribution in [1.29, 1.82) is 0 Å². The first-order valence-corrected chi connectivity index (χ1v) is 10.1. The predicted octanol–water partition coefficient (Wildman–Crippen LogP) is 3.87. The van der Waals surface area contributed by atoms with Gasteiger partial charge in [0.05, 0.1) is 11.0 Å². The van der Waals surface area contributed by atoms with E-state index in [0.29, 0.717) is 11.4 Å². The molecule has 5 nitrogen and oxygen atoms in total. The summed E-state index contributed by atoms with van der Waals surface area (Å²) in [6.07, 6.45) is 2.48. The highest BCUT2D eigenvalue weighted by molar-refractivity contribution is 7.92. The van der Waals surface area contributed by atoms with Crippen LogP contribution in [-0.4, -0.2) is 27.6 Å². The fourth-order valence-corrected chi connectivity index (χ4v) is 3.96. The van der Waals surface area contributed by atoms with Gasteiger partial charge in [-0.25, -0.2) is 8.42 Å². The number of sulfonamides is 1. The summed E-state index contributed by atoms with van der Waals surface area (Å²) in [6, 6.07) is 14.0. The van der Waals surface area contributed by atoms with Gasteiger partial charge in [-0.1, -0.05) is 0 Å². The first-order valence-electron chi connectivity index (χ1n) is 8.58. The number of nitrogens with zero attached hydrogens (tertiary/aromatic N) is 1. The zero-order valence-corrected chi connectivity index (χ0v) is 15.4. The van der Waals surface area contributed by atoms with Crippen molar-refractivity contribution in [2.75, 3.05) is 22.7 Å². The Kier molecular flexibility index (Phi) is 5.18. The van der Waals surface area contributed by atoms with Crippen molar-refractivity contribution >= 4 is 21.4 Å². The van der Waals surface area contributed by atoms with E-state index < -0.39 is 10.0 Å². The summed E-state index contributed by atoms with van der Waals surface area (Å²) in [6.45, 7) is 5.99. The van der Waals surface area contributed by atoms with Gasteiger partial charge in [0.15, 0.2) is 0 Å². The molecule has 6 heteroatoms. The Bertz CT molecular complexity index is 794. The third-order valence-electron chi connectivity index (χ3n) is 4.10. The summed E-state index contributed by atoms with van der Waals surface area (Å²) >= 11 is 0. The Labute approximate surface area is 149 Å². The molecule has 2 aromatic carbocycles. The summed E-state index contributed by atoms with van der Waals surface area (Å²) < 4.78 is 33.2. The summed E-state index contributed by atoms with van der Waals surface area (Å²) in [5, 5.41) is 0. The molecule has 0 bridgehead atoms. The maximum Gasteiger partial charge on any atom is 0.261 e. The van der Waals surface area contributed by atoms with Crippen molar-refractivity contribution in [1.82, 2.24) is 0 Å². The summed E-state index contributed by atoms with van der Waals surface area (Å²) in [7, 11) is -3.61. The quantitative estimate of drug-likeness (QED) is 0.849. The maximum atomic E-state index is 12.5. The number of rotatable bonds is 6. The summed E-state index contributed by atoms with van der Waals surface area (Å²) in [4.78, 5) is 2.53. The highest BCUT2D eigenvalue weighted by atomic mass is 32.2. The molecule has 1 N–H and O–H groups in total. The summed E-state index contributed by atoms with van der Waals surface area (Å²) in [5.74, 6) is 0.656. The number of hydrogen-bond acceptors (Lipinski definition) is 4. The monoisotopic (exact) mass is 360 g/mol. The molecule has 0 unspecified atom stereocenters. The molecule has 1 aliphatic rings. The van der Waals surface area contributed by atoms with Crippen LogP contribution in [0.4, 0.5) is 11.4 Å². The molecule has 1 aliphatic heterocycles. The number of nitrogens with one attached hydrogen (secondary N) is 1. The molecule has 2 aromatic rings. The van der Waals surface area contributed by atoms with Gasteiger partial charge in [-0.2, -0.15) is 0 Å². The van der Waals surface area contributed by atoms with E-state index >= 15 is 0 Å². The second-order valence-electron chi connectivity index (χ2n) is 6.48. The lowest BCUT2D eigenvalue weighted by Crippen LogP contribution is -2.17. The van der Waals surface area contributed by atoms with Gasteiger partial charge in [-0.05, 0) is 75.2 Å². The van der Waals surface area contributed by atoms with Crippen LogP contribution in [0.5, 0.6) is 5.75 Å². The Hall–Kier alpha value is -2.21. The normalized spacial score (nSPS) is 14.8. The maximum absolute atomic E-state index is 12.5. The van der Waals surface area contributed by atoms with Gasteiger partial charge in [0.1, 0.15) is 5.75 Å². The molecule has 1 heterocycles. The second kappa shape index (κ2) is 7.35. The second-order valence-corrected chi connectivity index (χ2v) is 8.17. The Morgan fingerprint density at radius 1 is 0.960 bits per heavy atom. The van der Waals surface area contributed by atoms with Crippen molar-refractivity contribution in [2.24, 2.45) is 0 Å². The summed E-state index contributed by atoms with van der Waals surface area (Å²) in [5.41, 5.74) is 1.70. The molecule has 0 aliphatic carbocycles. The van der Waals surface area contributed by atoms with E-state index in [1.165, 1.54) is 12.8 Å². The van der Waals surface area contributed by atoms with Gasteiger partial charge in [0.25, 0.3) is 10.0 Å². The molecule has 1 saturated heterocycles. The fraction of sp³-hybridized carbons (Fsp3) is 0.368. The Morgan fingerprint density at radius 2 is 1.56 bits per heavy atom. The minimum absolute atomic E-state index is 0.0507. The lowest BCUT2D eigenvalue weighted by atomic mass is 10.2. The third-order valence-corrected chi connectivity index (χ3v) is 5.49. The highest BCUT2D eigenvalue weighted by Crippen LogP contribution is 2.24. The van der Waals surface area contributed by atoms with Gasteiger partial charge < -0.3 is 9.64 Å². The van der Waals surface area contributed by atoms with Gasteiger partial charge in [-0.3, -0.25) is 4.72 Å². The van der Waals surface area contributed by atoms with E-state index in [-0.39, 0.29) is 11.0 Å². The van der Waals surface area contributed by atoms with Gasteiger partial charge >= 0.3 is 0 Å². The van der Waals surface area contributed by atoms with Crippen molar-refractivity contribution in [3.05, 3.63) is 48.5 Å². The molecule has 0 radical (unpaired) electrons. The van der Waals surface area contributed by atoms with Crippen LogP contribution in [0, 0.1) is 0 Å². The molecule has 3 rings (SSSR count). The molecular formula is C19H24N2O3S. The van der Waals surface area contributed by atoms with E-state index in [4.69, 9.17) is 4.74 Å². The van der Waals surface area contributed by atoms with E-state index in [1.54, 1.807) is 36.4 Å². The molecule has 0 aromatic heterocycles. The topological polar surface area (TPSA) is 58.6 Å². The lowest BCUT2D eigenvalue weighted by Gasteiger charge is -2.18. The van der Waals surface area contributed by atoms with Crippen LogP contribution >= 0.6 is 0 Å². The van der Waals surface area contributed by atoms with E-state index in [9.17, 15) is 8.42 Å². The molecule has 134 valence electrons. The zero-order chi connectivity index (χ0) is 17.9. The number of ether oxygens (including phenoxy) is 1. The molecule has 1 fully saturated rings. The third kappa shape index (κ3) is 4.45. The first kappa shape index (κ1) is 17.6. The minimum Gasteiger partial charge on any atom is -0.491 e. The minimum atomic E-state index is -3.61. The standard InChI is InChI=1S/C19H24N2O3S/c1-15(2)24-18-9-11-19(12-10-18)25(22,23)20-16-5-7-17(8-6-16)21-13-3-4-14-21/h5-12,15,20H,3-4,13-14H2,1-2H3. The number of anilines is 2. The predicted molar refractivity (Wildman–Crippen MR) is 101 cm³/mol. The van der Waals surface area contributed by atoms with Crippen LogP contribution in [-0.2, 0) is 10.0 Å². The largest absolute Gasteiger partial charge is 0.491 e. The first-order chi connectivity index (χ1) is 11.9. The van der Waals surface area contributed by atoms with Crippen LogP contribution in [0.25, 0.3) is 0 Å². The van der Waals surface area contributed by atoms with Crippen molar-refractivity contribution in [3.8, 4) is 5.75 Å². The molecule has 0 amide bonds. The van der Waals surface area contributed by atoms with Crippen molar-refractivity contribution in [2.45, 2.75) is 37.7 Å². The number of hydrogen-bond donors (Lipinski definition) is 1. The molecule has 0 spiro atoms. The van der Waals surface area contributed by atoms with Crippen LogP contribution in [0.1, 0.15) is 26.7 Å². The SMILES string of the molecule is CC(C)Oc1ccc(S(=O)(=O)Nc2ccc(N3CCCC3)cc2)cc1. The van der Waals surface area contributed by atoms with Gasteiger partial charge in [-0.15, -0.1) is 0 Å². The van der Waals surface area contributed by atoms with Crippen molar-refractivity contribution < 1.29 is 13.2 Å². The molecule has 0 atom stereocenters. The van der Waals surface area contributed by atoms with Crippen molar-refractivity contribution in [3.63, 3.8) is 0 Å². The average molecular weight is 360 g/mol. The fourth-order valence-electron chi connectivity index (χ4n) is 2.90. The average Bonchev–Trinajstić information content (AvgIpc) is 3.09. The van der Waals surface area contributed by atoms with Gasteiger partial charge in [0.2, 0.25) is 0 Å². The van der Waals surface area contributed by atoms with E-state index in [2.05, 4.69) is 9.62 Å². The smallest absolute Gasteiger partial charge is 0.261 e. The van der Waals surface area contributed by atoms with Crippen LogP contribution in [0.3, 0.4) is 0 Å². The Balaban J connectivity index is 1.70.